The number of nitrogens with zero attached hydrogens (tertiary/aromatic N) is 3. The number of pyridine rings is 1. The quantitative estimate of drug-likeness (QED) is 0.661. The Kier molecular flexibility index (Phi) is 5.71. The predicted octanol–water partition coefficient (Wildman–Crippen LogP) is 3.63. The molecule has 9 heteroatoms. The molecule has 0 bridgehead atoms. The number of hydrogen-bond donors (Lipinski definition) is 2. The van der Waals surface area contributed by atoms with Gasteiger partial charge in [-0.3, -0.25) is 5.10 Å². The van der Waals surface area contributed by atoms with Gasteiger partial charge < -0.3 is 24.4 Å². The van der Waals surface area contributed by atoms with E-state index in [0.29, 0.717) is 49.6 Å². The van der Waals surface area contributed by atoms with Gasteiger partial charge in [0, 0.05) is 30.2 Å². The Bertz CT molecular complexity index is 1040. The molecule has 9 nitrogen and oxygen atoms in total. The number of aryl methyl sites for hydroxylation is 1. The molecular weight excluding hydrogens is 386 g/mol. The van der Waals surface area contributed by atoms with E-state index >= 15 is 0 Å². The van der Waals surface area contributed by atoms with Crippen molar-refractivity contribution < 1.29 is 19.0 Å². The van der Waals surface area contributed by atoms with Crippen LogP contribution in [-0.2, 0) is 4.74 Å². The molecule has 3 heterocycles. The number of aromatic nitrogens is 3. The van der Waals surface area contributed by atoms with E-state index in [1.165, 1.54) is 0 Å². The smallest absolute Gasteiger partial charge is 0.415 e. The number of carbonyl (C=O) groups excluding carboxylic acids is 1. The number of fused-ring (bicyclic) bond motifs is 1. The fourth-order valence-corrected chi connectivity index (χ4v) is 3.17. The molecule has 0 unspecified atom stereocenters. The molecule has 1 aromatic carbocycles. The number of rotatable bonds is 5. The fraction of sp³-hybridized carbons (Fsp3) is 0.381. The Balaban J connectivity index is 1.63. The zero-order valence-corrected chi connectivity index (χ0v) is 17.3. The third kappa shape index (κ3) is 4.62. The molecule has 30 heavy (non-hydrogen) atoms. The standard InChI is InChI=1S/C21H25N5O4/c1-13(2)29-20-17-5-4-16(30-21(27)26-6-8-28-9-7-26)11-15(17)12-18(23-20)22-19-10-14(3)24-25-19/h4-5,10-13H,6-9H2,1-3H3,(H2,22,23,24,25). The summed E-state index contributed by atoms with van der Waals surface area (Å²) in [7, 11) is 0. The normalized spacial score (nSPS) is 14.2. The minimum absolute atomic E-state index is 0.0394. The number of carbonyl (C=O) groups is 1. The Morgan fingerprint density at radius 2 is 2.00 bits per heavy atom. The van der Waals surface area contributed by atoms with Gasteiger partial charge in [0.05, 0.1) is 19.3 Å². The lowest BCUT2D eigenvalue weighted by Crippen LogP contribution is -2.42. The number of H-pyrrole nitrogens is 1. The highest BCUT2D eigenvalue weighted by Gasteiger charge is 2.19. The number of aromatic amines is 1. The van der Waals surface area contributed by atoms with Gasteiger partial charge in [-0.25, -0.2) is 4.79 Å². The van der Waals surface area contributed by atoms with Gasteiger partial charge in [0.1, 0.15) is 11.6 Å². The zero-order valence-electron chi connectivity index (χ0n) is 17.3. The summed E-state index contributed by atoms with van der Waals surface area (Å²) in [6.07, 6.45) is -0.418. The molecule has 1 fully saturated rings. The maximum Gasteiger partial charge on any atom is 0.415 e. The Labute approximate surface area is 174 Å². The van der Waals surface area contributed by atoms with Crippen molar-refractivity contribution >= 4 is 28.5 Å². The molecule has 2 N–H and O–H groups in total. The molecule has 0 spiro atoms. The van der Waals surface area contributed by atoms with Crippen LogP contribution in [0.2, 0.25) is 0 Å². The van der Waals surface area contributed by atoms with E-state index in [0.717, 1.165) is 16.5 Å². The molecule has 4 rings (SSSR count). The summed E-state index contributed by atoms with van der Waals surface area (Å²) in [5, 5.41) is 11.9. The van der Waals surface area contributed by atoms with Crippen molar-refractivity contribution in [1.82, 2.24) is 20.1 Å². The van der Waals surface area contributed by atoms with E-state index in [1.807, 2.05) is 45.0 Å². The van der Waals surface area contributed by atoms with Crippen LogP contribution in [0, 0.1) is 6.92 Å². The van der Waals surface area contributed by atoms with Crippen LogP contribution in [0.25, 0.3) is 10.8 Å². The van der Waals surface area contributed by atoms with Crippen LogP contribution in [0.1, 0.15) is 19.5 Å². The van der Waals surface area contributed by atoms with Crippen LogP contribution in [0.5, 0.6) is 11.6 Å². The number of morpholine rings is 1. The summed E-state index contributed by atoms with van der Waals surface area (Å²) >= 11 is 0. The summed E-state index contributed by atoms with van der Waals surface area (Å²) in [6.45, 7) is 7.92. The van der Waals surface area contributed by atoms with Gasteiger partial charge in [-0.1, -0.05) is 0 Å². The molecule has 0 radical (unpaired) electrons. The van der Waals surface area contributed by atoms with Gasteiger partial charge in [0.15, 0.2) is 5.82 Å². The van der Waals surface area contributed by atoms with E-state index in [4.69, 9.17) is 14.2 Å². The summed E-state index contributed by atoms with van der Waals surface area (Å²) in [5.41, 5.74) is 0.939. The molecule has 0 aliphatic carbocycles. The van der Waals surface area contributed by atoms with E-state index in [2.05, 4.69) is 20.5 Å². The van der Waals surface area contributed by atoms with Gasteiger partial charge in [0.25, 0.3) is 0 Å². The van der Waals surface area contributed by atoms with E-state index < -0.39 is 0 Å². The van der Waals surface area contributed by atoms with Crippen LogP contribution in [-0.4, -0.2) is 58.6 Å². The third-order valence-corrected chi connectivity index (χ3v) is 4.55. The highest BCUT2D eigenvalue weighted by Crippen LogP contribution is 2.31. The Morgan fingerprint density at radius 3 is 2.70 bits per heavy atom. The number of benzene rings is 1. The molecule has 1 aliphatic rings. The summed E-state index contributed by atoms with van der Waals surface area (Å²) in [4.78, 5) is 18.6. The molecule has 2 aromatic heterocycles. The lowest BCUT2D eigenvalue weighted by molar-refractivity contribution is 0.0416. The first-order valence-corrected chi connectivity index (χ1v) is 9.93. The van der Waals surface area contributed by atoms with Crippen LogP contribution in [0.3, 0.4) is 0 Å². The van der Waals surface area contributed by atoms with Crippen molar-refractivity contribution in [1.29, 1.82) is 0 Å². The van der Waals surface area contributed by atoms with Crippen molar-refractivity contribution in [3.63, 3.8) is 0 Å². The highest BCUT2D eigenvalue weighted by molar-refractivity contribution is 5.91. The number of nitrogens with one attached hydrogen (secondary N) is 2. The predicted molar refractivity (Wildman–Crippen MR) is 113 cm³/mol. The number of amides is 1. The minimum atomic E-state index is -0.379. The Morgan fingerprint density at radius 1 is 1.20 bits per heavy atom. The molecule has 1 saturated heterocycles. The zero-order chi connectivity index (χ0) is 21.1. The molecular formula is C21H25N5O4. The average Bonchev–Trinajstić information content (AvgIpc) is 3.12. The highest BCUT2D eigenvalue weighted by atomic mass is 16.6. The second-order valence-corrected chi connectivity index (χ2v) is 7.39. The largest absolute Gasteiger partial charge is 0.474 e. The van der Waals surface area contributed by atoms with E-state index in [1.54, 1.807) is 11.0 Å². The van der Waals surface area contributed by atoms with Crippen molar-refractivity contribution in [3.8, 4) is 11.6 Å². The van der Waals surface area contributed by atoms with Crippen molar-refractivity contribution in [2.75, 3.05) is 31.6 Å². The van der Waals surface area contributed by atoms with Crippen molar-refractivity contribution in [2.45, 2.75) is 26.9 Å². The minimum Gasteiger partial charge on any atom is -0.474 e. The van der Waals surface area contributed by atoms with Gasteiger partial charge in [-0.15, -0.1) is 0 Å². The molecule has 1 amide bonds. The van der Waals surface area contributed by atoms with Gasteiger partial charge in [0.2, 0.25) is 5.88 Å². The van der Waals surface area contributed by atoms with Crippen molar-refractivity contribution in [3.05, 3.63) is 36.0 Å². The first-order valence-electron chi connectivity index (χ1n) is 9.93. The van der Waals surface area contributed by atoms with Crippen LogP contribution in [0.4, 0.5) is 16.4 Å². The van der Waals surface area contributed by atoms with E-state index in [-0.39, 0.29) is 12.2 Å². The second kappa shape index (κ2) is 8.58. The summed E-state index contributed by atoms with van der Waals surface area (Å²) < 4.78 is 16.8. The average molecular weight is 411 g/mol. The monoisotopic (exact) mass is 411 g/mol. The number of ether oxygens (including phenoxy) is 3. The first-order chi connectivity index (χ1) is 14.5. The van der Waals surface area contributed by atoms with E-state index in [9.17, 15) is 4.79 Å². The lowest BCUT2D eigenvalue weighted by atomic mass is 10.1. The van der Waals surface area contributed by atoms with Gasteiger partial charge in [-0.2, -0.15) is 10.1 Å². The molecule has 158 valence electrons. The summed E-state index contributed by atoms with van der Waals surface area (Å²) in [6, 6.07) is 9.17. The maximum absolute atomic E-state index is 12.4. The fourth-order valence-electron chi connectivity index (χ4n) is 3.17. The van der Waals surface area contributed by atoms with Gasteiger partial charge in [-0.05, 0) is 50.4 Å². The third-order valence-electron chi connectivity index (χ3n) is 4.55. The SMILES string of the molecule is Cc1cc(Nc2cc3cc(OC(=O)N4CCOCC4)ccc3c(OC(C)C)n2)n[nH]1. The summed E-state index contributed by atoms with van der Waals surface area (Å²) in [5.74, 6) is 2.21. The van der Waals surface area contributed by atoms with Crippen LogP contribution < -0.4 is 14.8 Å². The van der Waals surface area contributed by atoms with Gasteiger partial charge >= 0.3 is 6.09 Å². The number of anilines is 2. The molecule has 0 saturated carbocycles. The maximum atomic E-state index is 12.4. The second-order valence-electron chi connectivity index (χ2n) is 7.39. The molecule has 1 aliphatic heterocycles. The number of hydrogen-bond acceptors (Lipinski definition) is 7. The molecule has 0 atom stereocenters. The van der Waals surface area contributed by atoms with Crippen LogP contribution >= 0.6 is 0 Å². The van der Waals surface area contributed by atoms with Crippen LogP contribution in [0.15, 0.2) is 30.3 Å². The Hall–Kier alpha value is -3.33. The first kappa shape index (κ1) is 20.0. The molecule has 3 aromatic rings. The lowest BCUT2D eigenvalue weighted by Gasteiger charge is -2.25. The topological polar surface area (TPSA) is 102 Å². The van der Waals surface area contributed by atoms with Crippen molar-refractivity contribution in [2.24, 2.45) is 0 Å².